The molecule has 0 aromatic rings. The predicted octanol–water partition coefficient (Wildman–Crippen LogP) is 2.84. The number of halogens is 1. The van der Waals surface area contributed by atoms with E-state index in [1.807, 2.05) is 0 Å². The van der Waals surface area contributed by atoms with Gasteiger partial charge in [-0.3, -0.25) is 4.79 Å². The van der Waals surface area contributed by atoms with Gasteiger partial charge in [0.2, 0.25) is 5.91 Å². The third kappa shape index (κ3) is 4.64. The second-order valence-corrected chi connectivity index (χ2v) is 6.27. The molecule has 1 amide bonds. The van der Waals surface area contributed by atoms with E-state index in [-0.39, 0.29) is 12.4 Å². The monoisotopic (exact) mass is 288 g/mol. The quantitative estimate of drug-likeness (QED) is 0.863. The SMILES string of the molecule is CC(C)C1CCCN1C(=O)CCC1CCNCC1.Cl. The van der Waals surface area contributed by atoms with Crippen molar-refractivity contribution in [1.29, 1.82) is 0 Å². The molecule has 1 N–H and O–H groups in total. The number of hydrogen-bond donors (Lipinski definition) is 1. The molecule has 2 aliphatic heterocycles. The molecule has 2 heterocycles. The van der Waals surface area contributed by atoms with E-state index in [0.717, 1.165) is 38.4 Å². The first-order valence-electron chi connectivity index (χ1n) is 7.68. The summed E-state index contributed by atoms with van der Waals surface area (Å²) in [7, 11) is 0. The molecule has 2 fully saturated rings. The van der Waals surface area contributed by atoms with Crippen LogP contribution in [-0.2, 0) is 4.79 Å². The summed E-state index contributed by atoms with van der Waals surface area (Å²) >= 11 is 0. The van der Waals surface area contributed by atoms with E-state index in [1.54, 1.807) is 0 Å². The number of amides is 1. The zero-order valence-corrected chi connectivity index (χ0v) is 13.2. The van der Waals surface area contributed by atoms with Gasteiger partial charge in [0.15, 0.2) is 0 Å². The Morgan fingerprint density at radius 2 is 1.95 bits per heavy atom. The van der Waals surface area contributed by atoms with Gasteiger partial charge < -0.3 is 10.2 Å². The molecule has 2 saturated heterocycles. The van der Waals surface area contributed by atoms with Gasteiger partial charge in [0.05, 0.1) is 0 Å². The van der Waals surface area contributed by atoms with E-state index in [9.17, 15) is 4.79 Å². The topological polar surface area (TPSA) is 32.3 Å². The molecule has 0 aromatic heterocycles. The molecule has 0 radical (unpaired) electrons. The fraction of sp³-hybridized carbons (Fsp3) is 0.933. The number of likely N-dealkylation sites (tertiary alicyclic amines) is 1. The van der Waals surface area contributed by atoms with Crippen LogP contribution in [0.2, 0.25) is 0 Å². The highest BCUT2D eigenvalue weighted by atomic mass is 35.5. The second kappa shape index (κ2) is 8.11. The summed E-state index contributed by atoms with van der Waals surface area (Å²) in [5, 5.41) is 3.38. The molecule has 4 heteroatoms. The molecule has 0 aromatic carbocycles. The van der Waals surface area contributed by atoms with Crippen LogP contribution in [0, 0.1) is 11.8 Å². The van der Waals surface area contributed by atoms with Crippen molar-refractivity contribution in [1.82, 2.24) is 10.2 Å². The molecular formula is C15H29ClN2O. The van der Waals surface area contributed by atoms with E-state index >= 15 is 0 Å². The summed E-state index contributed by atoms with van der Waals surface area (Å²) in [6.07, 6.45) is 6.77. The van der Waals surface area contributed by atoms with E-state index in [4.69, 9.17) is 0 Å². The molecule has 0 bridgehead atoms. The molecule has 1 atom stereocenters. The largest absolute Gasteiger partial charge is 0.339 e. The standard InChI is InChI=1S/C15H28N2O.ClH/c1-12(2)14-4-3-11-17(14)15(18)6-5-13-7-9-16-10-8-13;/h12-14,16H,3-11H2,1-2H3;1H. The lowest BCUT2D eigenvalue weighted by molar-refractivity contribution is -0.133. The van der Waals surface area contributed by atoms with Gasteiger partial charge in [0, 0.05) is 19.0 Å². The Balaban J connectivity index is 0.00000180. The lowest BCUT2D eigenvalue weighted by Gasteiger charge is -2.29. The van der Waals surface area contributed by atoms with Gasteiger partial charge in [0.1, 0.15) is 0 Å². The molecule has 0 spiro atoms. The van der Waals surface area contributed by atoms with Crippen LogP contribution < -0.4 is 5.32 Å². The first kappa shape index (κ1) is 16.8. The maximum atomic E-state index is 12.3. The number of rotatable bonds is 4. The minimum Gasteiger partial charge on any atom is -0.339 e. The van der Waals surface area contributed by atoms with Crippen LogP contribution in [0.25, 0.3) is 0 Å². The minimum atomic E-state index is 0. The Kier molecular flexibility index (Phi) is 7.16. The van der Waals surface area contributed by atoms with Crippen LogP contribution >= 0.6 is 12.4 Å². The van der Waals surface area contributed by atoms with Crippen LogP contribution in [0.5, 0.6) is 0 Å². The van der Waals surface area contributed by atoms with E-state index in [2.05, 4.69) is 24.1 Å². The average Bonchev–Trinajstić information content (AvgIpc) is 2.86. The van der Waals surface area contributed by atoms with Crippen molar-refractivity contribution in [2.75, 3.05) is 19.6 Å². The maximum Gasteiger partial charge on any atom is 0.222 e. The lowest BCUT2D eigenvalue weighted by Crippen LogP contribution is -2.38. The summed E-state index contributed by atoms with van der Waals surface area (Å²) < 4.78 is 0. The molecule has 0 saturated carbocycles. The third-order valence-electron chi connectivity index (χ3n) is 4.61. The first-order chi connectivity index (χ1) is 8.68. The van der Waals surface area contributed by atoms with Crippen LogP contribution in [0.3, 0.4) is 0 Å². The van der Waals surface area contributed by atoms with Crippen LogP contribution in [-0.4, -0.2) is 36.5 Å². The van der Waals surface area contributed by atoms with Crippen molar-refractivity contribution in [3.8, 4) is 0 Å². The Labute approximate surface area is 123 Å². The van der Waals surface area contributed by atoms with Crippen LogP contribution in [0.1, 0.15) is 52.4 Å². The molecule has 1 unspecified atom stereocenters. The number of nitrogens with zero attached hydrogens (tertiary/aromatic N) is 1. The van der Waals surface area contributed by atoms with E-state index < -0.39 is 0 Å². The van der Waals surface area contributed by atoms with E-state index in [0.29, 0.717) is 17.9 Å². The molecule has 3 nitrogen and oxygen atoms in total. The van der Waals surface area contributed by atoms with Gasteiger partial charge >= 0.3 is 0 Å². The van der Waals surface area contributed by atoms with E-state index in [1.165, 1.54) is 25.7 Å². The van der Waals surface area contributed by atoms with Crippen LogP contribution in [0.4, 0.5) is 0 Å². The zero-order valence-electron chi connectivity index (χ0n) is 12.4. The second-order valence-electron chi connectivity index (χ2n) is 6.27. The molecular weight excluding hydrogens is 260 g/mol. The van der Waals surface area contributed by atoms with Gasteiger partial charge in [0.25, 0.3) is 0 Å². The predicted molar refractivity (Wildman–Crippen MR) is 81.6 cm³/mol. The van der Waals surface area contributed by atoms with Crippen molar-refractivity contribution in [2.45, 2.75) is 58.4 Å². The summed E-state index contributed by atoms with van der Waals surface area (Å²) in [6, 6.07) is 0.505. The normalized spacial score (nSPS) is 24.6. The van der Waals surface area contributed by atoms with Crippen molar-refractivity contribution < 1.29 is 4.79 Å². The Bertz CT molecular complexity index is 277. The maximum absolute atomic E-state index is 12.3. The van der Waals surface area contributed by atoms with Crippen molar-refractivity contribution in [2.24, 2.45) is 11.8 Å². The van der Waals surface area contributed by atoms with Gasteiger partial charge in [-0.1, -0.05) is 13.8 Å². The Hall–Kier alpha value is -0.280. The van der Waals surface area contributed by atoms with Crippen molar-refractivity contribution in [3.63, 3.8) is 0 Å². The summed E-state index contributed by atoms with van der Waals surface area (Å²) in [5.41, 5.74) is 0. The van der Waals surface area contributed by atoms with Crippen molar-refractivity contribution in [3.05, 3.63) is 0 Å². The molecule has 2 aliphatic rings. The molecule has 2 rings (SSSR count). The Morgan fingerprint density at radius 3 is 2.58 bits per heavy atom. The molecule has 19 heavy (non-hydrogen) atoms. The first-order valence-corrected chi connectivity index (χ1v) is 7.68. The number of nitrogens with one attached hydrogen (secondary N) is 1. The van der Waals surface area contributed by atoms with Gasteiger partial charge in [-0.2, -0.15) is 0 Å². The number of piperidine rings is 1. The smallest absolute Gasteiger partial charge is 0.222 e. The average molecular weight is 289 g/mol. The highest BCUT2D eigenvalue weighted by molar-refractivity contribution is 5.85. The molecule has 112 valence electrons. The van der Waals surface area contributed by atoms with Gasteiger partial charge in [-0.05, 0) is 57.0 Å². The summed E-state index contributed by atoms with van der Waals surface area (Å²) in [4.78, 5) is 14.5. The number of hydrogen-bond acceptors (Lipinski definition) is 2. The molecule has 0 aliphatic carbocycles. The minimum absolute atomic E-state index is 0. The highest BCUT2D eigenvalue weighted by Crippen LogP contribution is 2.26. The van der Waals surface area contributed by atoms with Gasteiger partial charge in [-0.15, -0.1) is 12.4 Å². The number of carbonyl (C=O) groups is 1. The fourth-order valence-electron chi connectivity index (χ4n) is 3.44. The van der Waals surface area contributed by atoms with Gasteiger partial charge in [-0.25, -0.2) is 0 Å². The highest BCUT2D eigenvalue weighted by Gasteiger charge is 2.30. The third-order valence-corrected chi connectivity index (χ3v) is 4.61. The Morgan fingerprint density at radius 1 is 1.26 bits per heavy atom. The van der Waals surface area contributed by atoms with Crippen LogP contribution in [0.15, 0.2) is 0 Å². The fourth-order valence-corrected chi connectivity index (χ4v) is 3.44. The zero-order chi connectivity index (χ0) is 13.0. The van der Waals surface area contributed by atoms with Crippen molar-refractivity contribution >= 4 is 18.3 Å². The lowest BCUT2D eigenvalue weighted by atomic mass is 9.93. The number of carbonyl (C=O) groups excluding carboxylic acids is 1. The summed E-state index contributed by atoms with van der Waals surface area (Å²) in [5.74, 6) is 1.79. The summed E-state index contributed by atoms with van der Waals surface area (Å²) in [6.45, 7) is 7.74.